The van der Waals surface area contributed by atoms with E-state index in [9.17, 15) is 4.79 Å². The van der Waals surface area contributed by atoms with Gasteiger partial charge in [-0.3, -0.25) is 0 Å². The molecule has 2 unspecified atom stereocenters. The van der Waals surface area contributed by atoms with Crippen molar-refractivity contribution in [1.29, 1.82) is 0 Å². The Kier molecular flexibility index (Phi) is 4.44. The van der Waals surface area contributed by atoms with E-state index in [0.717, 1.165) is 19.4 Å². The number of carboxylic acid groups (broad SMARTS) is 1. The Bertz CT molecular complexity index is 469. The highest BCUT2D eigenvalue weighted by atomic mass is 16.4. The van der Waals surface area contributed by atoms with E-state index in [1.54, 1.807) is 0 Å². The zero-order valence-electron chi connectivity index (χ0n) is 12.4. The molecule has 2 fully saturated rings. The number of piperidine rings is 1. The number of hydrogen-bond acceptors (Lipinski definition) is 2. The first-order valence-corrected chi connectivity index (χ1v) is 8.00. The van der Waals surface area contributed by atoms with E-state index in [-0.39, 0.29) is 0 Å². The molecule has 1 aromatic rings. The molecule has 1 amide bonds. The fourth-order valence-electron chi connectivity index (χ4n) is 3.38. The van der Waals surface area contributed by atoms with Crippen molar-refractivity contribution in [1.82, 2.24) is 10.2 Å². The average molecular weight is 288 g/mol. The van der Waals surface area contributed by atoms with Gasteiger partial charge in [0.05, 0.1) is 0 Å². The molecule has 1 aliphatic carbocycles. The minimum atomic E-state index is -0.768. The summed E-state index contributed by atoms with van der Waals surface area (Å²) in [5.74, 6) is 1.38. The van der Waals surface area contributed by atoms with Crippen LogP contribution in [0.2, 0.25) is 0 Å². The average Bonchev–Trinajstić information content (AvgIpc) is 3.28. The van der Waals surface area contributed by atoms with Gasteiger partial charge in [0.15, 0.2) is 0 Å². The molecule has 0 radical (unpaired) electrons. The molecule has 0 bridgehead atoms. The van der Waals surface area contributed by atoms with Crippen LogP contribution in [0.1, 0.15) is 37.2 Å². The summed E-state index contributed by atoms with van der Waals surface area (Å²) in [6.45, 7) is 2.47. The van der Waals surface area contributed by atoms with Gasteiger partial charge >= 0.3 is 6.09 Å². The first-order valence-electron chi connectivity index (χ1n) is 8.00. The lowest BCUT2D eigenvalue weighted by Gasteiger charge is -2.30. The molecule has 2 aliphatic rings. The van der Waals surface area contributed by atoms with Crippen molar-refractivity contribution in [3.8, 4) is 0 Å². The molecule has 0 aromatic heterocycles. The van der Waals surface area contributed by atoms with Crippen LogP contribution in [0.15, 0.2) is 30.3 Å². The summed E-state index contributed by atoms with van der Waals surface area (Å²) in [7, 11) is 0. The lowest BCUT2D eigenvalue weighted by Crippen LogP contribution is -2.38. The summed E-state index contributed by atoms with van der Waals surface area (Å²) in [6.07, 6.45) is 3.68. The third kappa shape index (κ3) is 3.76. The minimum absolute atomic E-state index is 0.645. The Morgan fingerprint density at radius 1 is 1.24 bits per heavy atom. The molecule has 0 spiro atoms. The van der Waals surface area contributed by atoms with Gasteiger partial charge in [-0.15, -0.1) is 0 Å². The molecule has 4 heteroatoms. The van der Waals surface area contributed by atoms with Crippen molar-refractivity contribution in [2.75, 3.05) is 19.6 Å². The van der Waals surface area contributed by atoms with Gasteiger partial charge < -0.3 is 15.3 Å². The predicted molar refractivity (Wildman–Crippen MR) is 82.5 cm³/mol. The normalized spacial score (nSPS) is 25.8. The third-order valence-corrected chi connectivity index (χ3v) is 4.86. The van der Waals surface area contributed by atoms with Crippen molar-refractivity contribution in [3.63, 3.8) is 0 Å². The van der Waals surface area contributed by atoms with E-state index in [1.165, 1.54) is 23.3 Å². The van der Waals surface area contributed by atoms with Gasteiger partial charge in [0.1, 0.15) is 0 Å². The van der Waals surface area contributed by atoms with E-state index >= 15 is 0 Å². The van der Waals surface area contributed by atoms with E-state index in [1.807, 2.05) is 0 Å². The monoisotopic (exact) mass is 288 g/mol. The Labute approximate surface area is 126 Å². The minimum Gasteiger partial charge on any atom is -0.465 e. The number of hydrogen-bond donors (Lipinski definition) is 2. The summed E-state index contributed by atoms with van der Waals surface area (Å²) in [4.78, 5) is 12.4. The van der Waals surface area contributed by atoms with E-state index in [0.29, 0.717) is 31.0 Å². The van der Waals surface area contributed by atoms with E-state index in [4.69, 9.17) is 5.11 Å². The number of nitrogens with zero attached hydrogens (tertiary/aromatic N) is 1. The van der Waals surface area contributed by atoms with Crippen molar-refractivity contribution in [2.45, 2.75) is 37.6 Å². The van der Waals surface area contributed by atoms with Crippen LogP contribution in [0.5, 0.6) is 0 Å². The zero-order valence-corrected chi connectivity index (χ0v) is 12.4. The number of carbonyl (C=O) groups is 1. The third-order valence-electron chi connectivity index (χ3n) is 4.86. The smallest absolute Gasteiger partial charge is 0.407 e. The van der Waals surface area contributed by atoms with Gasteiger partial charge in [-0.2, -0.15) is 0 Å². The Morgan fingerprint density at radius 2 is 1.95 bits per heavy atom. The van der Waals surface area contributed by atoms with Crippen molar-refractivity contribution >= 4 is 6.09 Å². The Morgan fingerprint density at radius 3 is 2.62 bits per heavy atom. The van der Waals surface area contributed by atoms with E-state index < -0.39 is 6.09 Å². The number of rotatable bonds is 5. The van der Waals surface area contributed by atoms with Gasteiger partial charge in [0.25, 0.3) is 0 Å². The molecule has 21 heavy (non-hydrogen) atoms. The summed E-state index contributed by atoms with van der Waals surface area (Å²) >= 11 is 0. The van der Waals surface area contributed by atoms with Crippen molar-refractivity contribution in [3.05, 3.63) is 35.9 Å². The lowest BCUT2D eigenvalue weighted by molar-refractivity contribution is 0.123. The van der Waals surface area contributed by atoms with Crippen LogP contribution in [0, 0.1) is 5.92 Å². The molecule has 1 heterocycles. The van der Waals surface area contributed by atoms with Crippen LogP contribution in [-0.4, -0.2) is 41.8 Å². The van der Waals surface area contributed by atoms with Crippen LogP contribution in [-0.2, 0) is 0 Å². The fraction of sp³-hybridized carbons (Fsp3) is 0.588. The Balaban J connectivity index is 1.32. The van der Waals surface area contributed by atoms with Crippen molar-refractivity contribution in [2.24, 2.45) is 5.92 Å². The fourth-order valence-corrected chi connectivity index (χ4v) is 3.38. The highest BCUT2D eigenvalue weighted by Crippen LogP contribution is 2.40. The molecule has 2 atom stereocenters. The van der Waals surface area contributed by atoms with Crippen molar-refractivity contribution < 1.29 is 9.90 Å². The number of nitrogens with one attached hydrogen (secondary N) is 1. The summed E-state index contributed by atoms with van der Waals surface area (Å²) in [6, 6.07) is 11.4. The molecule has 3 rings (SSSR count). The molecular weight excluding hydrogens is 264 g/mol. The molecule has 1 aromatic carbocycles. The largest absolute Gasteiger partial charge is 0.465 e. The molecular formula is C17H24N2O2. The van der Waals surface area contributed by atoms with E-state index in [2.05, 4.69) is 35.6 Å². The van der Waals surface area contributed by atoms with Gasteiger partial charge in [-0.1, -0.05) is 30.3 Å². The van der Waals surface area contributed by atoms with Crippen LogP contribution in [0.25, 0.3) is 0 Å². The molecule has 2 N–H and O–H groups in total. The molecule has 114 valence electrons. The Hall–Kier alpha value is -1.55. The summed E-state index contributed by atoms with van der Waals surface area (Å²) < 4.78 is 0. The maximum atomic E-state index is 10.9. The maximum absolute atomic E-state index is 10.9. The zero-order chi connectivity index (χ0) is 14.7. The van der Waals surface area contributed by atoms with Crippen LogP contribution in [0.3, 0.4) is 0 Å². The van der Waals surface area contributed by atoms with Gasteiger partial charge in [-0.25, -0.2) is 4.79 Å². The number of benzene rings is 1. The summed E-state index contributed by atoms with van der Waals surface area (Å²) in [5, 5.41) is 12.6. The maximum Gasteiger partial charge on any atom is 0.407 e. The molecule has 1 saturated carbocycles. The van der Waals surface area contributed by atoms with Crippen LogP contribution in [0.4, 0.5) is 4.79 Å². The lowest BCUT2D eigenvalue weighted by atomic mass is 9.94. The number of likely N-dealkylation sites (tertiary alicyclic amines) is 1. The molecule has 4 nitrogen and oxygen atoms in total. The standard InChI is InChI=1S/C17H24N2O2/c20-17(21)19-10-7-13(8-11-19)6-9-18-16-12-15(16)14-4-2-1-3-5-14/h1-5,13,15-16,18H,6-12H2,(H,20,21). The highest BCUT2D eigenvalue weighted by molar-refractivity contribution is 5.64. The topological polar surface area (TPSA) is 52.6 Å². The van der Waals surface area contributed by atoms with Crippen LogP contribution < -0.4 is 5.32 Å². The highest BCUT2D eigenvalue weighted by Gasteiger charge is 2.37. The second-order valence-corrected chi connectivity index (χ2v) is 6.32. The van der Waals surface area contributed by atoms with Crippen LogP contribution >= 0.6 is 0 Å². The first kappa shape index (κ1) is 14.4. The molecule has 1 saturated heterocycles. The van der Waals surface area contributed by atoms with Gasteiger partial charge in [-0.05, 0) is 43.7 Å². The second kappa shape index (κ2) is 6.48. The van der Waals surface area contributed by atoms with Gasteiger partial charge in [0, 0.05) is 25.0 Å². The summed E-state index contributed by atoms with van der Waals surface area (Å²) in [5.41, 5.74) is 1.45. The molecule has 1 aliphatic heterocycles. The van der Waals surface area contributed by atoms with Gasteiger partial charge in [0.2, 0.25) is 0 Å². The first-order chi connectivity index (χ1) is 10.2. The second-order valence-electron chi connectivity index (χ2n) is 6.32. The number of amides is 1. The quantitative estimate of drug-likeness (QED) is 0.876. The predicted octanol–water partition coefficient (Wildman–Crippen LogP) is 2.91. The SMILES string of the molecule is O=C(O)N1CCC(CCNC2CC2c2ccccc2)CC1.